The predicted octanol–water partition coefficient (Wildman–Crippen LogP) is 1.23. The third kappa shape index (κ3) is 1.69. The lowest BCUT2D eigenvalue weighted by atomic mass is 10.0. The minimum atomic E-state index is 0.261. The number of hydrogen-bond acceptors (Lipinski definition) is 2. The first-order valence-electron chi connectivity index (χ1n) is 4.07. The number of hydrogen-bond donors (Lipinski definition) is 0. The summed E-state index contributed by atoms with van der Waals surface area (Å²) in [5, 5.41) is 0. The van der Waals surface area contributed by atoms with Crippen LogP contribution in [0.2, 0.25) is 0 Å². The topological polar surface area (TPSA) is 20.3 Å². The van der Waals surface area contributed by atoms with E-state index in [0.29, 0.717) is 12.6 Å². The summed E-state index contributed by atoms with van der Waals surface area (Å²) in [6.45, 7) is 4.62. The molecule has 1 atom stereocenters. The van der Waals surface area contributed by atoms with Gasteiger partial charge in [-0.25, -0.2) is 0 Å². The van der Waals surface area contributed by atoms with Gasteiger partial charge in [0.05, 0.1) is 6.54 Å². The smallest absolute Gasteiger partial charge is 0.172 e. The van der Waals surface area contributed by atoms with Crippen molar-refractivity contribution >= 4 is 5.78 Å². The Kier molecular flexibility index (Phi) is 2.45. The summed E-state index contributed by atoms with van der Waals surface area (Å²) in [5.41, 5.74) is 0.926. The van der Waals surface area contributed by atoms with Gasteiger partial charge in [0, 0.05) is 6.04 Å². The number of carbonyl (C=O) groups is 1. The van der Waals surface area contributed by atoms with Crippen molar-refractivity contribution in [3.63, 3.8) is 0 Å². The highest BCUT2D eigenvalue weighted by atomic mass is 16.1. The van der Waals surface area contributed by atoms with Gasteiger partial charge in [-0.05, 0) is 26.0 Å². The normalized spacial score (nSPS) is 27.0. The first kappa shape index (κ1) is 8.47. The van der Waals surface area contributed by atoms with E-state index in [2.05, 4.69) is 17.9 Å². The van der Waals surface area contributed by atoms with Crippen molar-refractivity contribution in [3.8, 4) is 0 Å². The summed E-state index contributed by atoms with van der Waals surface area (Å²) in [6, 6.07) is 0.465. The van der Waals surface area contributed by atoms with Crippen LogP contribution in [0.5, 0.6) is 0 Å². The molecule has 62 valence electrons. The van der Waals surface area contributed by atoms with Crippen LogP contribution in [-0.4, -0.2) is 30.3 Å². The van der Waals surface area contributed by atoms with E-state index in [1.54, 1.807) is 0 Å². The van der Waals surface area contributed by atoms with E-state index in [1.165, 1.54) is 0 Å². The van der Waals surface area contributed by atoms with Gasteiger partial charge in [-0.15, -0.1) is 0 Å². The molecular formula is C9H15NO. The van der Waals surface area contributed by atoms with Crippen LogP contribution in [0, 0.1) is 0 Å². The van der Waals surface area contributed by atoms with Crippen LogP contribution >= 0.6 is 0 Å². The number of carbonyl (C=O) groups excluding carboxylic acids is 1. The molecule has 0 aromatic rings. The monoisotopic (exact) mass is 153 g/mol. The molecule has 1 aliphatic rings. The summed E-state index contributed by atoms with van der Waals surface area (Å²) >= 11 is 0. The van der Waals surface area contributed by atoms with Gasteiger partial charge in [-0.2, -0.15) is 0 Å². The molecule has 0 saturated heterocycles. The highest BCUT2D eigenvalue weighted by Crippen LogP contribution is 2.13. The third-order valence-electron chi connectivity index (χ3n) is 2.26. The van der Waals surface area contributed by atoms with Crippen LogP contribution < -0.4 is 0 Å². The quantitative estimate of drug-likeness (QED) is 0.564. The molecule has 0 fully saturated rings. The molecule has 1 heterocycles. The number of ketones is 1. The van der Waals surface area contributed by atoms with Gasteiger partial charge >= 0.3 is 0 Å². The van der Waals surface area contributed by atoms with Crippen LogP contribution in [0.3, 0.4) is 0 Å². The Bertz CT molecular complexity index is 196. The minimum Gasteiger partial charge on any atom is -0.293 e. The van der Waals surface area contributed by atoms with E-state index >= 15 is 0 Å². The lowest BCUT2D eigenvalue weighted by Gasteiger charge is -2.28. The molecule has 0 unspecified atom stereocenters. The average molecular weight is 153 g/mol. The first-order valence-corrected chi connectivity index (χ1v) is 4.07. The van der Waals surface area contributed by atoms with Crippen molar-refractivity contribution in [1.29, 1.82) is 0 Å². The van der Waals surface area contributed by atoms with Gasteiger partial charge in [0.1, 0.15) is 0 Å². The molecule has 11 heavy (non-hydrogen) atoms. The van der Waals surface area contributed by atoms with Crippen LogP contribution in [-0.2, 0) is 4.79 Å². The van der Waals surface area contributed by atoms with Crippen molar-refractivity contribution in [2.24, 2.45) is 0 Å². The van der Waals surface area contributed by atoms with Crippen molar-refractivity contribution < 1.29 is 4.79 Å². The van der Waals surface area contributed by atoms with Gasteiger partial charge in [0.15, 0.2) is 5.78 Å². The van der Waals surface area contributed by atoms with Gasteiger partial charge in [0.25, 0.3) is 0 Å². The maximum absolute atomic E-state index is 11.2. The highest BCUT2D eigenvalue weighted by Gasteiger charge is 2.20. The SMILES string of the molecule is CC[C@@H]1C=C(C)C(=O)CN1C. The Morgan fingerprint density at radius 2 is 2.36 bits per heavy atom. The van der Waals surface area contributed by atoms with E-state index in [-0.39, 0.29) is 5.78 Å². The molecule has 2 heteroatoms. The number of likely N-dealkylation sites (N-methyl/N-ethyl adjacent to an activating group) is 1. The van der Waals surface area contributed by atoms with Crippen molar-refractivity contribution in [2.75, 3.05) is 13.6 Å². The van der Waals surface area contributed by atoms with Crippen LogP contribution in [0.4, 0.5) is 0 Å². The van der Waals surface area contributed by atoms with Crippen LogP contribution in [0.1, 0.15) is 20.3 Å². The Labute approximate surface area is 67.9 Å². The maximum atomic E-state index is 11.2. The molecule has 1 rings (SSSR count). The number of nitrogens with zero attached hydrogens (tertiary/aromatic N) is 1. The lowest BCUT2D eigenvalue weighted by Crippen LogP contribution is -2.38. The second-order valence-corrected chi connectivity index (χ2v) is 3.16. The summed E-state index contributed by atoms with van der Waals surface area (Å²) in [5.74, 6) is 0.261. The summed E-state index contributed by atoms with van der Waals surface area (Å²) < 4.78 is 0. The molecule has 0 spiro atoms. The second kappa shape index (κ2) is 3.18. The zero-order valence-electron chi connectivity index (χ0n) is 7.42. The zero-order chi connectivity index (χ0) is 8.43. The van der Waals surface area contributed by atoms with Crippen LogP contribution in [0.25, 0.3) is 0 Å². The van der Waals surface area contributed by atoms with Crippen LogP contribution in [0.15, 0.2) is 11.6 Å². The number of rotatable bonds is 1. The molecule has 0 saturated carbocycles. The predicted molar refractivity (Wildman–Crippen MR) is 45.5 cm³/mol. The van der Waals surface area contributed by atoms with Crippen molar-refractivity contribution in [2.45, 2.75) is 26.3 Å². The molecule has 0 aromatic heterocycles. The van der Waals surface area contributed by atoms with E-state index in [4.69, 9.17) is 0 Å². The molecule has 0 bridgehead atoms. The standard InChI is InChI=1S/C9H15NO/c1-4-8-5-7(2)9(11)6-10(8)3/h5,8H,4,6H2,1-3H3/t8-/m1/s1. The number of Topliss-reactive ketones (excluding diaryl/α,β-unsaturated/α-hetero) is 1. The third-order valence-corrected chi connectivity index (χ3v) is 2.26. The van der Waals surface area contributed by atoms with Crippen molar-refractivity contribution in [1.82, 2.24) is 4.90 Å². The van der Waals surface area contributed by atoms with Gasteiger partial charge in [0.2, 0.25) is 0 Å². The molecule has 2 nitrogen and oxygen atoms in total. The summed E-state index contributed by atoms with van der Waals surface area (Å²) in [4.78, 5) is 13.2. The van der Waals surface area contributed by atoms with Gasteiger partial charge in [-0.3, -0.25) is 9.69 Å². The fraction of sp³-hybridized carbons (Fsp3) is 0.667. The zero-order valence-corrected chi connectivity index (χ0v) is 7.42. The van der Waals surface area contributed by atoms with Crippen molar-refractivity contribution in [3.05, 3.63) is 11.6 Å². The molecule has 0 aliphatic carbocycles. The molecular weight excluding hydrogens is 138 g/mol. The molecule has 0 N–H and O–H groups in total. The second-order valence-electron chi connectivity index (χ2n) is 3.16. The highest BCUT2D eigenvalue weighted by molar-refractivity contribution is 5.97. The fourth-order valence-electron chi connectivity index (χ4n) is 1.41. The minimum absolute atomic E-state index is 0.261. The first-order chi connectivity index (χ1) is 5.15. The Morgan fingerprint density at radius 1 is 1.73 bits per heavy atom. The maximum Gasteiger partial charge on any atom is 0.172 e. The van der Waals surface area contributed by atoms with E-state index in [0.717, 1.165) is 12.0 Å². The average Bonchev–Trinajstić information content (AvgIpc) is 1.97. The molecule has 0 radical (unpaired) electrons. The van der Waals surface area contributed by atoms with E-state index in [1.807, 2.05) is 14.0 Å². The van der Waals surface area contributed by atoms with E-state index in [9.17, 15) is 4.79 Å². The van der Waals surface area contributed by atoms with E-state index < -0.39 is 0 Å². The summed E-state index contributed by atoms with van der Waals surface area (Å²) in [7, 11) is 2.00. The fourth-order valence-corrected chi connectivity index (χ4v) is 1.41. The Balaban J connectivity index is 2.77. The largest absolute Gasteiger partial charge is 0.293 e. The molecule has 0 aromatic carbocycles. The Hall–Kier alpha value is -0.630. The van der Waals surface area contributed by atoms with Gasteiger partial charge in [-0.1, -0.05) is 13.0 Å². The molecule has 1 aliphatic heterocycles. The summed E-state index contributed by atoms with van der Waals surface area (Å²) in [6.07, 6.45) is 3.15. The molecule has 0 amide bonds. The van der Waals surface area contributed by atoms with Gasteiger partial charge < -0.3 is 0 Å². The Morgan fingerprint density at radius 3 is 2.91 bits per heavy atom. The lowest BCUT2D eigenvalue weighted by molar-refractivity contribution is -0.117.